The molecule has 5 nitrogen and oxygen atoms in total. The molecule has 1 aliphatic rings. The van der Waals surface area contributed by atoms with Crippen LogP contribution in [-0.2, 0) is 7.05 Å². The van der Waals surface area contributed by atoms with Gasteiger partial charge in [0, 0.05) is 32.4 Å². The zero-order valence-electron chi connectivity index (χ0n) is 11.4. The molecule has 100 valence electrons. The topological polar surface area (TPSA) is 50.2 Å². The first kappa shape index (κ1) is 13.1. The molecule has 2 heterocycles. The molecular weight excluding hydrogens is 228 g/mol. The Bertz CT molecular complexity index is 415. The van der Waals surface area contributed by atoms with Crippen LogP contribution in [0.1, 0.15) is 30.3 Å². The van der Waals surface area contributed by atoms with E-state index in [0.717, 1.165) is 25.9 Å². The number of nitrogens with zero attached hydrogens (tertiary/aromatic N) is 3. The molecule has 18 heavy (non-hydrogen) atoms. The van der Waals surface area contributed by atoms with Crippen LogP contribution in [0.2, 0.25) is 0 Å². The van der Waals surface area contributed by atoms with Crippen LogP contribution in [0, 0.1) is 5.92 Å². The van der Waals surface area contributed by atoms with Crippen molar-refractivity contribution in [1.29, 1.82) is 0 Å². The van der Waals surface area contributed by atoms with Gasteiger partial charge in [-0.05, 0) is 19.4 Å². The van der Waals surface area contributed by atoms with Crippen LogP contribution in [-0.4, -0.2) is 46.5 Å². The highest BCUT2D eigenvalue weighted by molar-refractivity contribution is 5.92. The minimum absolute atomic E-state index is 0.0589. The molecular formula is C13H22N4O. The van der Waals surface area contributed by atoms with Crippen molar-refractivity contribution in [2.45, 2.75) is 25.8 Å². The molecule has 1 aromatic heterocycles. The van der Waals surface area contributed by atoms with Gasteiger partial charge in [-0.15, -0.1) is 0 Å². The Balaban J connectivity index is 2.04. The highest BCUT2D eigenvalue weighted by atomic mass is 16.2. The van der Waals surface area contributed by atoms with E-state index in [1.54, 1.807) is 12.5 Å². The second kappa shape index (κ2) is 5.52. The summed E-state index contributed by atoms with van der Waals surface area (Å²) in [4.78, 5) is 18.4. The number of carbonyl (C=O) groups is 1. The number of rotatable bonds is 3. The second-order valence-corrected chi connectivity index (χ2v) is 5.03. The van der Waals surface area contributed by atoms with E-state index in [2.05, 4.69) is 17.2 Å². The average molecular weight is 250 g/mol. The van der Waals surface area contributed by atoms with E-state index in [-0.39, 0.29) is 5.91 Å². The zero-order chi connectivity index (χ0) is 13.1. The summed E-state index contributed by atoms with van der Waals surface area (Å²) < 4.78 is 1.81. The quantitative estimate of drug-likeness (QED) is 0.866. The molecule has 1 aliphatic heterocycles. The Morgan fingerprint density at radius 3 is 2.94 bits per heavy atom. The first-order valence-electron chi connectivity index (χ1n) is 6.60. The van der Waals surface area contributed by atoms with Crippen LogP contribution in [0.4, 0.5) is 0 Å². The van der Waals surface area contributed by atoms with Crippen LogP contribution in [0.25, 0.3) is 0 Å². The van der Waals surface area contributed by atoms with E-state index in [0.29, 0.717) is 17.7 Å². The lowest BCUT2D eigenvalue weighted by Crippen LogP contribution is -2.50. The van der Waals surface area contributed by atoms with E-state index in [1.807, 2.05) is 23.6 Å². The van der Waals surface area contributed by atoms with Gasteiger partial charge in [0.15, 0.2) is 0 Å². The summed E-state index contributed by atoms with van der Waals surface area (Å²) in [6, 6.07) is 0.530. The van der Waals surface area contributed by atoms with Gasteiger partial charge in [-0.1, -0.05) is 13.3 Å². The lowest BCUT2D eigenvalue weighted by molar-refractivity contribution is 0.0626. The Kier molecular flexibility index (Phi) is 4.01. The lowest BCUT2D eigenvalue weighted by Gasteiger charge is -2.37. The summed E-state index contributed by atoms with van der Waals surface area (Å²) in [6.07, 6.45) is 5.57. The Labute approximate surface area is 108 Å². The largest absolute Gasteiger partial charge is 0.340 e. The van der Waals surface area contributed by atoms with Gasteiger partial charge in [0.05, 0.1) is 6.33 Å². The van der Waals surface area contributed by atoms with Gasteiger partial charge in [0.1, 0.15) is 5.69 Å². The standard InChI is InChI=1S/C13H22N4O/c1-4-10-7-17(6-5-11(10)14-2)13(18)12-8-16(3)9-15-12/h8-11,14H,4-7H2,1-3H3. The average Bonchev–Trinajstić information content (AvgIpc) is 2.83. The highest BCUT2D eigenvalue weighted by Gasteiger charge is 2.30. The van der Waals surface area contributed by atoms with Crippen LogP contribution in [0.3, 0.4) is 0 Å². The summed E-state index contributed by atoms with van der Waals surface area (Å²) in [5.41, 5.74) is 0.551. The normalized spacial score (nSPS) is 24.3. The van der Waals surface area contributed by atoms with E-state index < -0.39 is 0 Å². The van der Waals surface area contributed by atoms with Crippen molar-refractivity contribution in [3.63, 3.8) is 0 Å². The smallest absolute Gasteiger partial charge is 0.274 e. The van der Waals surface area contributed by atoms with Crippen LogP contribution < -0.4 is 5.32 Å². The van der Waals surface area contributed by atoms with Crippen LogP contribution >= 0.6 is 0 Å². The third-order valence-electron chi connectivity index (χ3n) is 3.84. The molecule has 0 aromatic carbocycles. The molecule has 1 aromatic rings. The maximum absolute atomic E-state index is 12.3. The molecule has 0 bridgehead atoms. The Morgan fingerprint density at radius 2 is 2.39 bits per heavy atom. The van der Waals surface area contributed by atoms with Crippen molar-refractivity contribution in [3.8, 4) is 0 Å². The number of piperidine rings is 1. The SMILES string of the molecule is CCC1CN(C(=O)c2cn(C)cn2)CCC1NC. The first-order chi connectivity index (χ1) is 8.65. The number of hydrogen-bond acceptors (Lipinski definition) is 3. The van der Waals surface area contributed by atoms with Gasteiger partial charge in [-0.2, -0.15) is 0 Å². The molecule has 0 aliphatic carbocycles. The molecule has 0 saturated carbocycles. The molecule has 1 saturated heterocycles. The van der Waals surface area contributed by atoms with Crippen molar-refractivity contribution >= 4 is 5.91 Å². The number of nitrogens with one attached hydrogen (secondary N) is 1. The maximum atomic E-state index is 12.3. The predicted molar refractivity (Wildman–Crippen MR) is 70.4 cm³/mol. The molecule has 1 N–H and O–H groups in total. The number of hydrogen-bond donors (Lipinski definition) is 1. The van der Waals surface area contributed by atoms with Crippen molar-refractivity contribution in [3.05, 3.63) is 18.2 Å². The number of aryl methyl sites for hydroxylation is 1. The minimum atomic E-state index is 0.0589. The third-order valence-corrected chi connectivity index (χ3v) is 3.84. The number of amides is 1. The van der Waals surface area contributed by atoms with E-state index in [9.17, 15) is 4.79 Å². The number of carbonyl (C=O) groups excluding carboxylic acids is 1. The van der Waals surface area contributed by atoms with E-state index in [1.165, 1.54) is 0 Å². The van der Waals surface area contributed by atoms with Crippen molar-refractivity contribution in [2.24, 2.45) is 13.0 Å². The van der Waals surface area contributed by atoms with E-state index in [4.69, 9.17) is 0 Å². The second-order valence-electron chi connectivity index (χ2n) is 5.03. The third kappa shape index (κ3) is 2.56. The molecule has 5 heteroatoms. The van der Waals surface area contributed by atoms with Crippen LogP contribution in [0.5, 0.6) is 0 Å². The van der Waals surface area contributed by atoms with Gasteiger partial charge in [0.2, 0.25) is 0 Å². The van der Waals surface area contributed by atoms with E-state index >= 15 is 0 Å². The summed E-state index contributed by atoms with van der Waals surface area (Å²) in [5, 5.41) is 3.35. The Morgan fingerprint density at radius 1 is 1.61 bits per heavy atom. The fourth-order valence-electron chi connectivity index (χ4n) is 2.70. The molecule has 2 unspecified atom stereocenters. The summed E-state index contributed by atoms with van der Waals surface area (Å²) >= 11 is 0. The minimum Gasteiger partial charge on any atom is -0.340 e. The zero-order valence-corrected chi connectivity index (χ0v) is 11.4. The van der Waals surface area contributed by atoms with Gasteiger partial charge in [-0.25, -0.2) is 4.98 Å². The van der Waals surface area contributed by atoms with Crippen molar-refractivity contribution < 1.29 is 4.79 Å². The lowest BCUT2D eigenvalue weighted by atomic mass is 9.90. The Hall–Kier alpha value is -1.36. The fraction of sp³-hybridized carbons (Fsp3) is 0.692. The molecule has 1 fully saturated rings. The van der Waals surface area contributed by atoms with Gasteiger partial charge in [-0.3, -0.25) is 4.79 Å². The number of aromatic nitrogens is 2. The predicted octanol–water partition coefficient (Wildman–Crippen LogP) is 0.880. The summed E-state index contributed by atoms with van der Waals surface area (Å²) in [6.45, 7) is 3.83. The molecule has 0 spiro atoms. The summed E-state index contributed by atoms with van der Waals surface area (Å²) in [5.74, 6) is 0.597. The van der Waals surface area contributed by atoms with Gasteiger partial charge >= 0.3 is 0 Å². The fourth-order valence-corrected chi connectivity index (χ4v) is 2.70. The number of imidazole rings is 1. The molecule has 1 amide bonds. The molecule has 2 atom stereocenters. The van der Waals surface area contributed by atoms with Crippen molar-refractivity contribution in [2.75, 3.05) is 20.1 Å². The monoisotopic (exact) mass is 250 g/mol. The summed E-state index contributed by atoms with van der Waals surface area (Å²) in [7, 11) is 3.88. The maximum Gasteiger partial charge on any atom is 0.274 e. The molecule has 0 radical (unpaired) electrons. The van der Waals surface area contributed by atoms with Crippen LogP contribution in [0.15, 0.2) is 12.5 Å². The first-order valence-corrected chi connectivity index (χ1v) is 6.60. The van der Waals surface area contributed by atoms with Gasteiger partial charge in [0.25, 0.3) is 5.91 Å². The van der Waals surface area contributed by atoms with Gasteiger partial charge < -0.3 is 14.8 Å². The number of likely N-dealkylation sites (tertiary alicyclic amines) is 1. The molecule has 2 rings (SSSR count). The highest BCUT2D eigenvalue weighted by Crippen LogP contribution is 2.21. The van der Waals surface area contributed by atoms with Crippen molar-refractivity contribution in [1.82, 2.24) is 19.8 Å².